The lowest BCUT2D eigenvalue weighted by Crippen LogP contribution is -2.61. The van der Waals surface area contributed by atoms with Gasteiger partial charge in [-0.3, -0.25) is 24.2 Å². The summed E-state index contributed by atoms with van der Waals surface area (Å²) in [5, 5.41) is 9.26. The number of carbonyl (C=O) groups excluding carboxylic acids is 5. The van der Waals surface area contributed by atoms with E-state index in [2.05, 4.69) is 34.8 Å². The summed E-state index contributed by atoms with van der Waals surface area (Å²) in [7, 11) is 0. The van der Waals surface area contributed by atoms with E-state index in [4.69, 9.17) is 5.73 Å². The molecule has 0 radical (unpaired) electrons. The van der Waals surface area contributed by atoms with Gasteiger partial charge in [-0.05, 0) is 80.2 Å². The van der Waals surface area contributed by atoms with E-state index in [9.17, 15) is 24.0 Å². The Kier molecular flexibility index (Phi) is 11.6. The molecule has 0 aromatic carbocycles. The lowest BCUT2D eigenvalue weighted by molar-refractivity contribution is -0.143. The van der Waals surface area contributed by atoms with Crippen LogP contribution in [0.5, 0.6) is 0 Å². The smallest absolute Gasteiger partial charge is 0.315 e. The van der Waals surface area contributed by atoms with Gasteiger partial charge in [0.1, 0.15) is 12.1 Å². The van der Waals surface area contributed by atoms with Crippen LogP contribution >= 0.6 is 0 Å². The lowest BCUT2D eigenvalue weighted by Gasteiger charge is -2.40. The first-order valence-electron chi connectivity index (χ1n) is 18.0. The number of nitrogens with zero attached hydrogens (tertiary/aromatic N) is 2. The summed E-state index contributed by atoms with van der Waals surface area (Å²) in [6.07, 6.45) is 16.6. The second-order valence-electron chi connectivity index (χ2n) is 15.1. The number of nitrogens with one attached hydrogen (secondary N) is 3. The van der Waals surface area contributed by atoms with E-state index in [1.807, 2.05) is 18.3 Å². The van der Waals surface area contributed by atoms with Crippen LogP contribution in [-0.4, -0.2) is 69.6 Å². The van der Waals surface area contributed by atoms with Crippen LogP contribution in [0.2, 0.25) is 0 Å². The van der Waals surface area contributed by atoms with Crippen LogP contribution < -0.4 is 21.7 Å². The number of ketones is 1. The van der Waals surface area contributed by atoms with Crippen molar-refractivity contribution < 1.29 is 24.0 Å². The summed E-state index contributed by atoms with van der Waals surface area (Å²) in [6, 6.07) is 1.03. The predicted molar refractivity (Wildman–Crippen MR) is 178 cm³/mol. The second-order valence-corrected chi connectivity index (χ2v) is 15.1. The Morgan fingerprint density at radius 2 is 1.66 bits per heavy atom. The molecule has 5 rings (SSSR count). The van der Waals surface area contributed by atoms with Gasteiger partial charge in [0, 0.05) is 24.5 Å². The van der Waals surface area contributed by atoms with E-state index in [1.54, 1.807) is 11.1 Å². The van der Waals surface area contributed by atoms with Crippen LogP contribution in [0.15, 0.2) is 24.5 Å². The number of hydrogen-bond acceptors (Lipinski definition) is 6. The number of amides is 5. The molecule has 3 saturated carbocycles. The highest BCUT2D eigenvalue weighted by Crippen LogP contribution is 2.36. The Bertz CT molecular complexity index is 1270. The van der Waals surface area contributed by atoms with Gasteiger partial charge in [-0.15, -0.1) is 0 Å². The summed E-state index contributed by atoms with van der Waals surface area (Å²) < 4.78 is 0. The number of carbonyl (C=O) groups is 5. The number of likely N-dealkylation sites (tertiary alicyclic amines) is 1. The third-order valence-electron chi connectivity index (χ3n) is 11.1. The van der Waals surface area contributed by atoms with Crippen LogP contribution in [0, 0.1) is 23.7 Å². The maximum atomic E-state index is 14.6. The van der Waals surface area contributed by atoms with Gasteiger partial charge in [-0.25, -0.2) is 4.79 Å². The Morgan fingerprint density at radius 3 is 2.28 bits per heavy atom. The van der Waals surface area contributed by atoms with Crippen molar-refractivity contribution in [3.63, 3.8) is 0 Å². The number of nitrogens with two attached hydrogens (primary N) is 1. The van der Waals surface area contributed by atoms with Crippen molar-refractivity contribution in [1.82, 2.24) is 25.8 Å². The minimum absolute atomic E-state index is 0.0384. The first kappa shape index (κ1) is 34.8. The summed E-state index contributed by atoms with van der Waals surface area (Å²) >= 11 is 0. The van der Waals surface area contributed by atoms with Crippen LogP contribution in [0.4, 0.5) is 4.79 Å². The van der Waals surface area contributed by atoms with Crippen LogP contribution in [0.25, 0.3) is 0 Å². The molecule has 258 valence electrons. The molecule has 0 spiro atoms. The zero-order valence-corrected chi connectivity index (χ0v) is 28.2. The van der Waals surface area contributed by atoms with Gasteiger partial charge in [0.05, 0.1) is 6.04 Å². The van der Waals surface area contributed by atoms with Crippen molar-refractivity contribution in [2.45, 2.75) is 134 Å². The van der Waals surface area contributed by atoms with Crippen molar-refractivity contribution >= 4 is 29.5 Å². The fraction of sp³-hybridized carbons (Fsp3) is 0.722. The van der Waals surface area contributed by atoms with E-state index < -0.39 is 41.3 Å². The minimum Gasteiger partial charge on any atom is -0.363 e. The van der Waals surface area contributed by atoms with Gasteiger partial charge in [-0.1, -0.05) is 71.3 Å². The Labute approximate surface area is 278 Å². The first-order chi connectivity index (χ1) is 22.5. The SMILES string of the molecule is CC(C)[C@@H]1C[C@@H](C(=O)NC(CC2CC2)C(=O)C(N)=O)N(C(=O)[C@@H](NC(=O)NC2(Cc3cccnc3)CCCCC2)C2CCCCC2)C1. The molecule has 11 nitrogen and oxygen atoms in total. The van der Waals surface area contributed by atoms with Crippen molar-refractivity contribution in [3.8, 4) is 0 Å². The van der Waals surface area contributed by atoms with Crippen molar-refractivity contribution in [2.24, 2.45) is 29.4 Å². The number of primary amides is 1. The number of hydrogen-bond donors (Lipinski definition) is 4. The highest BCUT2D eigenvalue weighted by Gasteiger charge is 2.46. The van der Waals surface area contributed by atoms with Crippen molar-refractivity contribution in [3.05, 3.63) is 30.1 Å². The van der Waals surface area contributed by atoms with E-state index in [1.165, 1.54) is 0 Å². The molecule has 0 bridgehead atoms. The molecule has 4 atom stereocenters. The zero-order chi connectivity index (χ0) is 33.6. The maximum absolute atomic E-state index is 14.6. The highest BCUT2D eigenvalue weighted by atomic mass is 16.2. The normalized spacial score (nSPS) is 24.3. The summed E-state index contributed by atoms with van der Waals surface area (Å²) in [4.78, 5) is 72.7. The molecule has 5 N–H and O–H groups in total. The number of urea groups is 1. The van der Waals surface area contributed by atoms with Crippen molar-refractivity contribution in [2.75, 3.05) is 6.54 Å². The lowest BCUT2D eigenvalue weighted by atomic mass is 9.77. The molecule has 1 unspecified atom stereocenters. The van der Waals surface area contributed by atoms with E-state index in [-0.39, 0.29) is 35.6 Å². The number of rotatable bonds is 13. The molecule has 3 aliphatic carbocycles. The average Bonchev–Trinajstić information content (AvgIpc) is 3.76. The quantitative estimate of drug-likeness (QED) is 0.237. The molecule has 1 aromatic heterocycles. The van der Waals surface area contributed by atoms with E-state index in [0.717, 1.165) is 82.6 Å². The predicted octanol–water partition coefficient (Wildman–Crippen LogP) is 3.79. The van der Waals surface area contributed by atoms with Gasteiger partial charge in [0.2, 0.25) is 17.6 Å². The minimum atomic E-state index is -1.07. The van der Waals surface area contributed by atoms with Gasteiger partial charge >= 0.3 is 6.03 Å². The van der Waals surface area contributed by atoms with E-state index >= 15 is 0 Å². The summed E-state index contributed by atoms with van der Waals surface area (Å²) in [5.41, 5.74) is 5.98. The van der Waals surface area contributed by atoms with Gasteiger partial charge in [0.15, 0.2) is 0 Å². The van der Waals surface area contributed by atoms with Gasteiger partial charge in [-0.2, -0.15) is 0 Å². The molecule has 4 fully saturated rings. The molecule has 2 heterocycles. The molecule has 47 heavy (non-hydrogen) atoms. The topological polar surface area (TPSA) is 164 Å². The van der Waals surface area contributed by atoms with Crippen LogP contribution in [-0.2, 0) is 25.6 Å². The third-order valence-corrected chi connectivity index (χ3v) is 11.1. The molecule has 5 amide bonds. The molecule has 1 aliphatic heterocycles. The fourth-order valence-electron chi connectivity index (χ4n) is 8.12. The molecule has 4 aliphatic rings. The molecular weight excluding hydrogens is 596 g/mol. The number of Topliss-reactive ketones (excluding diaryl/α,β-unsaturated/α-hetero) is 1. The molecular formula is C36H54N6O5. The number of pyridine rings is 1. The molecule has 1 aromatic rings. The largest absolute Gasteiger partial charge is 0.363 e. The summed E-state index contributed by atoms with van der Waals surface area (Å²) in [5.74, 6) is -2.02. The summed E-state index contributed by atoms with van der Waals surface area (Å²) in [6.45, 7) is 4.55. The monoisotopic (exact) mass is 650 g/mol. The first-order valence-corrected chi connectivity index (χ1v) is 18.0. The van der Waals surface area contributed by atoms with Gasteiger partial charge < -0.3 is 26.6 Å². The fourth-order valence-corrected chi connectivity index (χ4v) is 8.12. The second kappa shape index (κ2) is 15.6. The Hall–Kier alpha value is -3.50. The number of aromatic nitrogens is 1. The highest BCUT2D eigenvalue weighted by molar-refractivity contribution is 6.37. The van der Waals surface area contributed by atoms with Crippen LogP contribution in [0.3, 0.4) is 0 Å². The van der Waals surface area contributed by atoms with Gasteiger partial charge in [0.25, 0.3) is 5.91 Å². The Balaban J connectivity index is 1.35. The standard InChI is InChI=1S/C36H54N6O5/c1-23(2)27-19-29(33(45)39-28(18-24-13-14-24)31(43)32(37)44)42(22-27)34(46)30(26-11-5-3-6-12-26)40-35(47)41-36(15-7-4-8-16-36)20-25-10-9-17-38-21-25/h9-10,17,21,23-24,26-30H,3-8,11-16,18-20,22H2,1-2H3,(H2,37,44)(H,39,45)(H2,40,41,47)/t27-,28?,29+,30+/m1/s1. The molecule has 11 heteroatoms. The third kappa shape index (κ3) is 9.11. The zero-order valence-electron chi connectivity index (χ0n) is 28.2. The van der Waals surface area contributed by atoms with Crippen molar-refractivity contribution in [1.29, 1.82) is 0 Å². The average molecular weight is 651 g/mol. The maximum Gasteiger partial charge on any atom is 0.315 e. The Morgan fingerprint density at radius 1 is 0.957 bits per heavy atom. The van der Waals surface area contributed by atoms with E-state index in [0.29, 0.717) is 25.8 Å². The van der Waals surface area contributed by atoms with Crippen LogP contribution in [0.1, 0.15) is 109 Å². The molecule has 1 saturated heterocycles.